The molecule has 7 heteroatoms. The van der Waals surface area contributed by atoms with Gasteiger partial charge in [-0.05, 0) is 30.2 Å². The highest BCUT2D eigenvalue weighted by Crippen LogP contribution is 2.24. The van der Waals surface area contributed by atoms with Crippen LogP contribution in [0.5, 0.6) is 5.88 Å². The first kappa shape index (κ1) is 17.6. The largest absolute Gasteiger partial charge is 0.473 e. The maximum Gasteiger partial charge on any atom is 0.328 e. The number of hydrogen-bond acceptors (Lipinski definition) is 6. The molecular weight excluding hydrogens is 316 g/mol. The van der Waals surface area contributed by atoms with E-state index < -0.39 is 12.0 Å². The molecule has 1 aliphatic heterocycles. The molecule has 1 N–H and O–H groups in total. The first-order chi connectivity index (χ1) is 11.0. The number of methoxy groups -OCH3 is 1. The van der Waals surface area contributed by atoms with Gasteiger partial charge in [0.25, 0.3) is 5.91 Å². The molecule has 0 aromatic carbocycles. The fourth-order valence-corrected chi connectivity index (χ4v) is 3.36. The first-order valence-electron chi connectivity index (χ1n) is 7.61. The third kappa shape index (κ3) is 4.60. The molecular formula is C16H22N2O4S. The van der Waals surface area contributed by atoms with Crippen LogP contribution < -0.4 is 10.1 Å². The predicted molar refractivity (Wildman–Crippen MR) is 88.7 cm³/mol. The number of carbonyl (C=O) groups is 2. The summed E-state index contributed by atoms with van der Waals surface area (Å²) >= 11 is 1.82. The van der Waals surface area contributed by atoms with Crippen LogP contribution in [0.3, 0.4) is 0 Å². The highest BCUT2D eigenvalue weighted by Gasteiger charge is 2.27. The molecule has 0 saturated carbocycles. The summed E-state index contributed by atoms with van der Waals surface area (Å²) in [5, 5.41) is 2.71. The highest BCUT2D eigenvalue weighted by atomic mass is 32.2. The van der Waals surface area contributed by atoms with E-state index in [0.717, 1.165) is 17.9 Å². The standard InChI is InChI=1S/C16H22N2O4S/c1-10(2)13(16(20)21-3)18-14(19)12-5-4-7-17-15(12)22-11-6-8-23-9-11/h4-5,7,10-11,13H,6,8-9H2,1-3H3,(H,18,19). The Morgan fingerprint density at radius 1 is 1.43 bits per heavy atom. The van der Waals surface area contributed by atoms with Crippen LogP contribution in [0.1, 0.15) is 30.6 Å². The minimum absolute atomic E-state index is 0.0722. The molecule has 2 heterocycles. The van der Waals surface area contributed by atoms with Gasteiger partial charge in [-0.3, -0.25) is 4.79 Å². The van der Waals surface area contributed by atoms with E-state index in [0.29, 0.717) is 11.4 Å². The van der Waals surface area contributed by atoms with Gasteiger partial charge in [0, 0.05) is 11.9 Å². The Balaban J connectivity index is 2.13. The van der Waals surface area contributed by atoms with Crippen LogP contribution in [0.25, 0.3) is 0 Å². The Hall–Kier alpha value is -1.76. The molecule has 1 saturated heterocycles. The number of carbonyl (C=O) groups excluding carboxylic acids is 2. The van der Waals surface area contributed by atoms with Crippen molar-refractivity contribution in [2.45, 2.75) is 32.4 Å². The monoisotopic (exact) mass is 338 g/mol. The van der Waals surface area contributed by atoms with E-state index in [2.05, 4.69) is 10.3 Å². The molecule has 0 bridgehead atoms. The fraction of sp³-hybridized carbons (Fsp3) is 0.562. The molecule has 1 aromatic heterocycles. The topological polar surface area (TPSA) is 77.5 Å². The summed E-state index contributed by atoms with van der Waals surface area (Å²) in [5.41, 5.74) is 0.332. The number of esters is 1. The number of hydrogen-bond donors (Lipinski definition) is 1. The van der Waals surface area contributed by atoms with Crippen molar-refractivity contribution >= 4 is 23.6 Å². The Bertz CT molecular complexity index is 559. The maximum atomic E-state index is 12.5. The van der Waals surface area contributed by atoms with E-state index >= 15 is 0 Å². The van der Waals surface area contributed by atoms with Crippen molar-refractivity contribution in [1.82, 2.24) is 10.3 Å². The Morgan fingerprint density at radius 3 is 2.83 bits per heavy atom. The number of nitrogens with one attached hydrogen (secondary N) is 1. The van der Waals surface area contributed by atoms with Gasteiger partial charge in [0.2, 0.25) is 5.88 Å². The number of rotatable bonds is 6. The van der Waals surface area contributed by atoms with Gasteiger partial charge in [-0.15, -0.1) is 0 Å². The lowest BCUT2D eigenvalue weighted by Gasteiger charge is -2.21. The second-order valence-corrected chi connectivity index (χ2v) is 6.83. The third-order valence-corrected chi connectivity index (χ3v) is 4.72. The second kappa shape index (κ2) is 8.19. The number of aromatic nitrogens is 1. The van der Waals surface area contributed by atoms with E-state index in [-0.39, 0.29) is 17.9 Å². The van der Waals surface area contributed by atoms with E-state index in [1.54, 1.807) is 18.3 Å². The van der Waals surface area contributed by atoms with Crippen molar-refractivity contribution < 1.29 is 19.1 Å². The summed E-state index contributed by atoms with van der Waals surface area (Å²) in [7, 11) is 1.31. The summed E-state index contributed by atoms with van der Waals surface area (Å²) in [4.78, 5) is 28.5. The van der Waals surface area contributed by atoms with E-state index in [1.165, 1.54) is 7.11 Å². The predicted octanol–water partition coefficient (Wildman–Crippen LogP) is 1.89. The lowest BCUT2D eigenvalue weighted by molar-refractivity contribution is -0.144. The molecule has 1 fully saturated rings. The highest BCUT2D eigenvalue weighted by molar-refractivity contribution is 7.99. The zero-order valence-electron chi connectivity index (χ0n) is 13.6. The third-order valence-electron chi connectivity index (χ3n) is 3.59. The number of nitrogens with zero attached hydrogens (tertiary/aromatic N) is 1. The average molecular weight is 338 g/mol. The summed E-state index contributed by atoms with van der Waals surface area (Å²) in [5.74, 6) is 1.32. The molecule has 0 aliphatic carbocycles. The number of thioether (sulfide) groups is 1. The molecule has 0 radical (unpaired) electrons. The van der Waals surface area contributed by atoms with Crippen LogP contribution in [0.2, 0.25) is 0 Å². The van der Waals surface area contributed by atoms with Crippen LogP contribution in [-0.4, -0.2) is 47.6 Å². The zero-order valence-corrected chi connectivity index (χ0v) is 14.4. The molecule has 6 nitrogen and oxygen atoms in total. The smallest absolute Gasteiger partial charge is 0.328 e. The average Bonchev–Trinajstić information content (AvgIpc) is 3.05. The zero-order chi connectivity index (χ0) is 16.8. The molecule has 2 unspecified atom stereocenters. The quantitative estimate of drug-likeness (QED) is 0.798. The maximum absolute atomic E-state index is 12.5. The van der Waals surface area contributed by atoms with Gasteiger partial charge in [0.1, 0.15) is 17.7 Å². The van der Waals surface area contributed by atoms with Gasteiger partial charge in [0.15, 0.2) is 0 Å². The number of pyridine rings is 1. The SMILES string of the molecule is COC(=O)C(NC(=O)c1cccnc1OC1CCSC1)C(C)C. The molecule has 1 amide bonds. The van der Waals surface area contributed by atoms with Crippen LogP contribution in [-0.2, 0) is 9.53 Å². The van der Waals surface area contributed by atoms with Crippen molar-refractivity contribution in [2.75, 3.05) is 18.6 Å². The summed E-state index contributed by atoms with van der Waals surface area (Å²) in [6.45, 7) is 3.69. The molecule has 126 valence electrons. The lowest BCUT2D eigenvalue weighted by Crippen LogP contribution is -2.45. The van der Waals surface area contributed by atoms with Crippen molar-refractivity contribution in [3.8, 4) is 5.88 Å². The molecule has 2 rings (SSSR count). The lowest BCUT2D eigenvalue weighted by atomic mass is 10.0. The Morgan fingerprint density at radius 2 is 2.22 bits per heavy atom. The normalized spacial score (nSPS) is 18.5. The van der Waals surface area contributed by atoms with Gasteiger partial charge in [-0.1, -0.05) is 13.8 Å². The summed E-state index contributed by atoms with van der Waals surface area (Å²) in [6, 6.07) is 2.62. The summed E-state index contributed by atoms with van der Waals surface area (Å²) in [6.07, 6.45) is 2.61. The van der Waals surface area contributed by atoms with Gasteiger partial charge in [0.05, 0.1) is 7.11 Å². The van der Waals surface area contributed by atoms with Crippen LogP contribution in [0, 0.1) is 5.92 Å². The molecule has 2 atom stereocenters. The first-order valence-corrected chi connectivity index (χ1v) is 8.76. The molecule has 1 aromatic rings. The Kier molecular flexibility index (Phi) is 6.27. The van der Waals surface area contributed by atoms with Crippen LogP contribution in [0.4, 0.5) is 0 Å². The number of amides is 1. The molecule has 23 heavy (non-hydrogen) atoms. The van der Waals surface area contributed by atoms with Crippen LogP contribution >= 0.6 is 11.8 Å². The van der Waals surface area contributed by atoms with Crippen molar-refractivity contribution in [2.24, 2.45) is 5.92 Å². The van der Waals surface area contributed by atoms with Gasteiger partial charge >= 0.3 is 5.97 Å². The van der Waals surface area contributed by atoms with Gasteiger partial charge in [-0.25, -0.2) is 9.78 Å². The molecule has 0 spiro atoms. The summed E-state index contributed by atoms with van der Waals surface area (Å²) < 4.78 is 10.6. The van der Waals surface area contributed by atoms with Crippen molar-refractivity contribution in [3.05, 3.63) is 23.9 Å². The minimum atomic E-state index is -0.706. The van der Waals surface area contributed by atoms with E-state index in [4.69, 9.17) is 9.47 Å². The fourth-order valence-electron chi connectivity index (χ4n) is 2.26. The van der Waals surface area contributed by atoms with Crippen molar-refractivity contribution in [3.63, 3.8) is 0 Å². The number of ether oxygens (including phenoxy) is 2. The van der Waals surface area contributed by atoms with Gasteiger partial charge < -0.3 is 14.8 Å². The minimum Gasteiger partial charge on any atom is -0.473 e. The van der Waals surface area contributed by atoms with E-state index in [1.807, 2.05) is 25.6 Å². The van der Waals surface area contributed by atoms with Gasteiger partial charge in [-0.2, -0.15) is 11.8 Å². The second-order valence-electron chi connectivity index (χ2n) is 5.68. The molecule has 1 aliphatic rings. The Labute approximate surface area is 140 Å². The van der Waals surface area contributed by atoms with Crippen molar-refractivity contribution in [1.29, 1.82) is 0 Å². The van der Waals surface area contributed by atoms with Crippen LogP contribution in [0.15, 0.2) is 18.3 Å². The van der Waals surface area contributed by atoms with E-state index in [9.17, 15) is 9.59 Å².